The van der Waals surface area contributed by atoms with Crippen LogP contribution in [0.2, 0.25) is 0 Å². The highest BCUT2D eigenvalue weighted by Crippen LogP contribution is 2.35. The van der Waals surface area contributed by atoms with Crippen molar-refractivity contribution in [3.63, 3.8) is 0 Å². The fourth-order valence-corrected chi connectivity index (χ4v) is 5.50. The molecule has 5 aromatic rings. The molecule has 0 aliphatic rings. The van der Waals surface area contributed by atoms with Crippen LogP contribution < -0.4 is 10.5 Å². The number of hydrogen-bond acceptors (Lipinski definition) is 8. The molecule has 212 valence electrons. The average Bonchev–Trinajstić information content (AvgIpc) is 3.44. The van der Waals surface area contributed by atoms with E-state index in [1.165, 1.54) is 17.4 Å². The normalized spacial score (nSPS) is 10.7. The highest BCUT2D eigenvalue weighted by atomic mass is 32.1. The molecule has 0 amide bonds. The first kappa shape index (κ1) is 28.6. The summed E-state index contributed by atoms with van der Waals surface area (Å²) in [4.78, 5) is 41.3. The Morgan fingerprint density at radius 1 is 0.786 bits per heavy atom. The Balaban J connectivity index is 1.43. The highest BCUT2D eigenvalue weighted by molar-refractivity contribution is 7.12. The molecule has 42 heavy (non-hydrogen) atoms. The van der Waals surface area contributed by atoms with Gasteiger partial charge in [-0.2, -0.15) is 0 Å². The van der Waals surface area contributed by atoms with Gasteiger partial charge in [-0.1, -0.05) is 36.4 Å². The van der Waals surface area contributed by atoms with Crippen molar-refractivity contribution in [3.05, 3.63) is 128 Å². The number of ether oxygens (including phenoxy) is 2. The quantitative estimate of drug-likeness (QED) is 0.0559. The number of hydrogen-bond donors (Lipinski definition) is 0. The second-order valence-electron chi connectivity index (χ2n) is 9.27. The third kappa shape index (κ3) is 6.50. The summed E-state index contributed by atoms with van der Waals surface area (Å²) in [5.41, 5.74) is 3.23. The zero-order valence-electron chi connectivity index (χ0n) is 23.2. The predicted molar refractivity (Wildman–Crippen MR) is 166 cm³/mol. The van der Waals surface area contributed by atoms with Gasteiger partial charge in [0.05, 0.1) is 13.2 Å². The minimum absolute atomic E-state index is 0.140. The van der Waals surface area contributed by atoms with Crippen LogP contribution in [-0.4, -0.2) is 25.2 Å². The van der Waals surface area contributed by atoms with Gasteiger partial charge in [-0.15, -0.1) is 11.3 Å². The average molecular weight is 580 g/mol. The second kappa shape index (κ2) is 13.1. The van der Waals surface area contributed by atoms with Crippen LogP contribution in [0.4, 0.5) is 17.1 Å². The van der Waals surface area contributed by atoms with E-state index in [9.17, 15) is 14.4 Å². The van der Waals surface area contributed by atoms with Crippen LogP contribution in [-0.2, 0) is 25.5 Å². The van der Waals surface area contributed by atoms with E-state index >= 15 is 0 Å². The number of esters is 2. The summed E-state index contributed by atoms with van der Waals surface area (Å²) in [5, 5.41) is 0.804. The first-order valence-corrected chi connectivity index (χ1v) is 14.4. The molecular weight excluding hydrogens is 550 g/mol. The van der Waals surface area contributed by atoms with Crippen molar-refractivity contribution in [2.75, 3.05) is 18.1 Å². The number of anilines is 3. The van der Waals surface area contributed by atoms with E-state index < -0.39 is 17.6 Å². The van der Waals surface area contributed by atoms with Gasteiger partial charge in [-0.25, -0.2) is 14.4 Å². The number of fused-ring (bicyclic) bond motifs is 1. The van der Waals surface area contributed by atoms with Gasteiger partial charge in [0, 0.05) is 50.3 Å². The molecule has 0 spiro atoms. The molecule has 0 fully saturated rings. The summed E-state index contributed by atoms with van der Waals surface area (Å²) in [6, 6.07) is 31.3. The van der Waals surface area contributed by atoms with Crippen LogP contribution >= 0.6 is 11.3 Å². The van der Waals surface area contributed by atoms with Crippen LogP contribution in [0.25, 0.3) is 17.0 Å². The lowest BCUT2D eigenvalue weighted by atomic mass is 10.1. The summed E-state index contributed by atoms with van der Waals surface area (Å²) >= 11 is 1.36. The number of carbonyl (C=O) groups is 2. The molecule has 3 aromatic carbocycles. The molecular formula is C34H29NO6S. The van der Waals surface area contributed by atoms with Gasteiger partial charge in [-0.3, -0.25) is 0 Å². The summed E-state index contributed by atoms with van der Waals surface area (Å²) < 4.78 is 15.8. The summed E-state index contributed by atoms with van der Waals surface area (Å²) in [6.45, 7) is 3.62. The molecule has 5 rings (SSSR count). The third-order valence-electron chi connectivity index (χ3n) is 6.40. The van der Waals surface area contributed by atoms with E-state index in [1.54, 1.807) is 19.9 Å². The van der Waals surface area contributed by atoms with Crippen molar-refractivity contribution in [2.24, 2.45) is 0 Å². The van der Waals surface area contributed by atoms with Gasteiger partial charge in [-0.05, 0) is 74.5 Å². The molecule has 0 saturated carbocycles. The van der Waals surface area contributed by atoms with Crippen molar-refractivity contribution in [1.82, 2.24) is 0 Å². The smallest absolute Gasteiger partial charge is 0.345 e. The van der Waals surface area contributed by atoms with Gasteiger partial charge in [0.2, 0.25) is 0 Å². The van der Waals surface area contributed by atoms with Crippen molar-refractivity contribution in [1.29, 1.82) is 0 Å². The van der Waals surface area contributed by atoms with E-state index in [2.05, 4.69) is 4.90 Å². The van der Waals surface area contributed by atoms with Crippen molar-refractivity contribution >= 4 is 57.4 Å². The molecule has 2 aromatic heterocycles. The standard InChI is InChI=1S/C34H29NO6S/c1-3-39-33(37)30(34(38)40-4-2)22-29-18-17-28(42-29)20-24-19-23-15-16-27(21-31(23)41-32(24)36)35(25-11-7-5-8-12-25)26-13-9-6-10-14-26/h5-19,21-22H,3-4,20H2,1-2H3. The lowest BCUT2D eigenvalue weighted by Crippen LogP contribution is -2.18. The topological polar surface area (TPSA) is 86.0 Å². The second-order valence-corrected chi connectivity index (χ2v) is 10.5. The van der Waals surface area contributed by atoms with Gasteiger partial charge >= 0.3 is 17.6 Å². The highest BCUT2D eigenvalue weighted by Gasteiger charge is 2.21. The monoisotopic (exact) mass is 579 g/mol. The molecule has 0 aliphatic carbocycles. The first-order chi connectivity index (χ1) is 20.5. The number of thiophene rings is 1. The fourth-order valence-electron chi connectivity index (χ4n) is 4.52. The van der Waals surface area contributed by atoms with Crippen LogP contribution in [0.15, 0.2) is 112 Å². The Hall–Kier alpha value is -4.95. The SMILES string of the molecule is CCOC(=O)C(=Cc1ccc(Cc2cc3ccc(N(c4ccccc4)c4ccccc4)cc3oc2=O)s1)C(=O)OCC. The molecule has 0 N–H and O–H groups in total. The van der Waals surface area contributed by atoms with Gasteiger partial charge in [0.1, 0.15) is 11.2 Å². The number of para-hydroxylation sites is 2. The zero-order chi connectivity index (χ0) is 29.5. The maximum absolute atomic E-state index is 13.1. The predicted octanol–water partition coefficient (Wildman–Crippen LogP) is 7.42. The van der Waals surface area contributed by atoms with Crippen LogP contribution in [0.1, 0.15) is 29.2 Å². The zero-order valence-corrected chi connectivity index (χ0v) is 24.1. The first-order valence-electron chi connectivity index (χ1n) is 13.6. The Bertz CT molecular complexity index is 1730. The minimum Gasteiger partial charge on any atom is -0.462 e. The Morgan fingerprint density at radius 2 is 1.40 bits per heavy atom. The molecule has 0 unspecified atom stereocenters. The fraction of sp³-hybridized carbons (Fsp3) is 0.147. The molecule has 8 heteroatoms. The molecule has 0 aliphatic heterocycles. The molecule has 7 nitrogen and oxygen atoms in total. The largest absolute Gasteiger partial charge is 0.462 e. The van der Waals surface area contributed by atoms with Crippen LogP contribution in [0, 0.1) is 0 Å². The summed E-state index contributed by atoms with van der Waals surface area (Å²) in [5.74, 6) is -1.47. The van der Waals surface area contributed by atoms with Crippen molar-refractivity contribution in [3.8, 4) is 0 Å². The number of rotatable bonds is 10. The maximum atomic E-state index is 13.1. The summed E-state index contributed by atoms with van der Waals surface area (Å²) in [6.07, 6.45) is 1.80. The lowest BCUT2D eigenvalue weighted by Gasteiger charge is -2.25. The van der Waals surface area contributed by atoms with Gasteiger partial charge < -0.3 is 18.8 Å². The van der Waals surface area contributed by atoms with Gasteiger partial charge in [0.25, 0.3) is 0 Å². The van der Waals surface area contributed by atoms with E-state index in [-0.39, 0.29) is 18.8 Å². The van der Waals surface area contributed by atoms with Gasteiger partial charge in [0.15, 0.2) is 0 Å². The van der Waals surface area contributed by atoms with E-state index in [0.29, 0.717) is 22.4 Å². The molecule has 0 bridgehead atoms. The van der Waals surface area contributed by atoms with E-state index in [0.717, 1.165) is 27.3 Å². The van der Waals surface area contributed by atoms with Crippen molar-refractivity contribution < 1.29 is 23.5 Å². The Labute approximate surface area is 247 Å². The number of carbonyl (C=O) groups excluding carboxylic acids is 2. The Morgan fingerprint density at radius 3 is 2.00 bits per heavy atom. The van der Waals surface area contributed by atoms with E-state index in [4.69, 9.17) is 13.9 Å². The van der Waals surface area contributed by atoms with E-state index in [1.807, 2.05) is 91.0 Å². The molecule has 2 heterocycles. The molecule has 0 radical (unpaired) electrons. The summed E-state index contributed by atoms with van der Waals surface area (Å²) in [7, 11) is 0. The molecule has 0 atom stereocenters. The minimum atomic E-state index is -0.737. The van der Waals surface area contributed by atoms with Crippen LogP contribution in [0.5, 0.6) is 0 Å². The third-order valence-corrected chi connectivity index (χ3v) is 7.44. The molecule has 0 saturated heterocycles. The Kier molecular flexibility index (Phi) is 8.94. The number of benzene rings is 3. The van der Waals surface area contributed by atoms with Crippen molar-refractivity contribution in [2.45, 2.75) is 20.3 Å². The number of nitrogens with zero attached hydrogens (tertiary/aromatic N) is 1. The lowest BCUT2D eigenvalue weighted by molar-refractivity contribution is -0.146. The van der Waals surface area contributed by atoms with Crippen LogP contribution in [0.3, 0.4) is 0 Å². The maximum Gasteiger partial charge on any atom is 0.345 e.